The summed E-state index contributed by atoms with van der Waals surface area (Å²) in [4.78, 5) is 24.4. The van der Waals surface area contributed by atoms with Gasteiger partial charge >= 0.3 is 5.97 Å². The molecular weight excluding hydrogens is 755 g/mol. The molecule has 0 radical (unpaired) electrons. The van der Waals surface area contributed by atoms with Gasteiger partial charge in [0.15, 0.2) is 0 Å². The van der Waals surface area contributed by atoms with E-state index < -0.39 is 12.1 Å². The van der Waals surface area contributed by atoms with Crippen LogP contribution in [0, 0.1) is 0 Å². The zero-order valence-electron chi connectivity index (χ0n) is 40.9. The second kappa shape index (κ2) is 51.0. The van der Waals surface area contributed by atoms with Crippen LogP contribution in [0.3, 0.4) is 0 Å². The van der Waals surface area contributed by atoms with Crippen molar-refractivity contribution in [3.05, 3.63) is 24.3 Å². The minimum Gasteiger partial charge on any atom is -0.466 e. The summed E-state index contributed by atoms with van der Waals surface area (Å²) in [5, 5.41) is 23.0. The van der Waals surface area contributed by atoms with Crippen molar-refractivity contribution in [2.75, 3.05) is 13.2 Å². The Bertz CT molecular complexity index is 951. The van der Waals surface area contributed by atoms with E-state index in [2.05, 4.69) is 31.3 Å². The number of unbranched alkanes of at least 4 members (excludes halogenated alkanes) is 37. The van der Waals surface area contributed by atoms with Gasteiger partial charge in [0.05, 0.1) is 25.4 Å². The molecule has 0 aliphatic heterocycles. The number of nitrogens with one attached hydrogen (secondary N) is 1. The monoisotopic (exact) mass is 860 g/mol. The molecule has 0 spiro atoms. The number of aliphatic hydroxyl groups is 2. The molecule has 0 aromatic carbocycles. The van der Waals surface area contributed by atoms with E-state index in [1.54, 1.807) is 6.08 Å². The summed E-state index contributed by atoms with van der Waals surface area (Å²) in [7, 11) is 0. The summed E-state index contributed by atoms with van der Waals surface area (Å²) in [6.45, 7) is 4.88. The minimum atomic E-state index is -0.848. The van der Waals surface area contributed by atoms with Crippen molar-refractivity contribution >= 4 is 11.9 Å². The molecule has 0 rings (SSSR count). The number of allylic oxidation sites excluding steroid dienone is 3. The van der Waals surface area contributed by atoms with Gasteiger partial charge in [-0.25, -0.2) is 0 Å². The number of aliphatic hydroxyl groups excluding tert-OH is 2. The Morgan fingerprint density at radius 3 is 1.16 bits per heavy atom. The molecule has 0 fully saturated rings. The van der Waals surface area contributed by atoms with E-state index in [1.807, 2.05) is 6.08 Å². The summed E-state index contributed by atoms with van der Waals surface area (Å²) in [6, 6.07) is -0.633. The number of esters is 1. The third-order valence-corrected chi connectivity index (χ3v) is 12.5. The van der Waals surface area contributed by atoms with E-state index in [9.17, 15) is 19.8 Å². The molecule has 0 bridgehead atoms. The molecule has 0 heterocycles. The summed E-state index contributed by atoms with van der Waals surface area (Å²) in [6.07, 6.45) is 60.5. The summed E-state index contributed by atoms with van der Waals surface area (Å²) in [5.74, 6) is -0.0737. The number of hydrogen-bond acceptors (Lipinski definition) is 5. The predicted molar refractivity (Wildman–Crippen MR) is 264 cm³/mol. The average molecular weight is 860 g/mol. The summed E-state index contributed by atoms with van der Waals surface area (Å²) in [5.41, 5.74) is 0. The lowest BCUT2D eigenvalue weighted by atomic mass is 10.0. The Balaban J connectivity index is 3.44. The van der Waals surface area contributed by atoms with E-state index >= 15 is 0 Å². The van der Waals surface area contributed by atoms with Gasteiger partial charge in [0, 0.05) is 12.8 Å². The molecule has 2 unspecified atom stereocenters. The van der Waals surface area contributed by atoms with Crippen LogP contribution in [0.5, 0.6) is 0 Å². The van der Waals surface area contributed by atoms with Gasteiger partial charge in [0.25, 0.3) is 0 Å². The molecule has 360 valence electrons. The number of rotatable bonds is 50. The lowest BCUT2D eigenvalue weighted by Crippen LogP contribution is -2.45. The molecule has 0 aliphatic rings. The molecule has 0 aromatic rings. The number of carbonyl (C=O) groups is 2. The average Bonchev–Trinajstić information content (AvgIpc) is 3.26. The number of amides is 1. The first-order valence-electron chi connectivity index (χ1n) is 27.1. The highest BCUT2D eigenvalue weighted by Crippen LogP contribution is 2.16. The predicted octanol–water partition coefficient (Wildman–Crippen LogP) is 16.3. The Morgan fingerprint density at radius 2 is 0.770 bits per heavy atom. The third-order valence-electron chi connectivity index (χ3n) is 12.5. The van der Waals surface area contributed by atoms with Gasteiger partial charge < -0.3 is 20.3 Å². The van der Waals surface area contributed by atoms with Gasteiger partial charge in [0.1, 0.15) is 0 Å². The van der Waals surface area contributed by atoms with Crippen molar-refractivity contribution in [2.24, 2.45) is 0 Å². The molecule has 3 N–H and O–H groups in total. The van der Waals surface area contributed by atoms with E-state index in [-0.39, 0.29) is 18.5 Å². The van der Waals surface area contributed by atoms with Gasteiger partial charge in [-0.3, -0.25) is 9.59 Å². The quantitative estimate of drug-likeness (QED) is 0.0322. The van der Waals surface area contributed by atoms with Gasteiger partial charge in [0.2, 0.25) is 5.91 Å². The van der Waals surface area contributed by atoms with Crippen LogP contribution >= 0.6 is 0 Å². The molecule has 0 saturated heterocycles. The maximum absolute atomic E-state index is 12.4. The molecule has 0 aliphatic carbocycles. The third kappa shape index (κ3) is 47.7. The second-order valence-corrected chi connectivity index (χ2v) is 18.6. The maximum Gasteiger partial charge on any atom is 0.305 e. The highest BCUT2D eigenvalue weighted by molar-refractivity contribution is 5.76. The standard InChI is InChI=1S/C55H105NO5/c1-3-5-7-9-11-13-15-16-25-29-33-37-41-45-49-55(60)61-50-46-42-38-34-30-26-23-21-19-17-18-20-22-24-28-32-36-40-44-48-54(59)56-52(51-57)53(58)47-43-39-35-31-27-14-12-10-8-6-4-2/h17-18,43,47,52-53,57-58H,3-16,19-42,44-46,48-51H2,1-2H3,(H,56,59)/b18-17-,47-43+. The van der Waals surface area contributed by atoms with E-state index in [0.29, 0.717) is 19.4 Å². The van der Waals surface area contributed by atoms with Crippen molar-refractivity contribution < 1.29 is 24.5 Å². The summed E-state index contributed by atoms with van der Waals surface area (Å²) < 4.78 is 5.47. The molecule has 0 saturated carbocycles. The first-order chi connectivity index (χ1) is 30.0. The fourth-order valence-corrected chi connectivity index (χ4v) is 8.27. The molecule has 1 amide bonds. The Hall–Kier alpha value is -1.66. The molecule has 6 heteroatoms. The van der Waals surface area contributed by atoms with Crippen molar-refractivity contribution in [3.8, 4) is 0 Å². The number of ether oxygens (including phenoxy) is 1. The fourth-order valence-electron chi connectivity index (χ4n) is 8.27. The molecule has 0 aromatic heterocycles. The number of carbonyl (C=O) groups excluding carboxylic acids is 2. The van der Waals surface area contributed by atoms with Crippen molar-refractivity contribution in [1.29, 1.82) is 0 Å². The molecule has 2 atom stereocenters. The van der Waals surface area contributed by atoms with Crippen molar-refractivity contribution in [1.82, 2.24) is 5.32 Å². The zero-order valence-corrected chi connectivity index (χ0v) is 40.9. The zero-order chi connectivity index (χ0) is 44.4. The van der Waals surface area contributed by atoms with Crippen LogP contribution in [0.2, 0.25) is 0 Å². The Morgan fingerprint density at radius 1 is 0.443 bits per heavy atom. The van der Waals surface area contributed by atoms with Crippen LogP contribution < -0.4 is 5.32 Å². The lowest BCUT2D eigenvalue weighted by Gasteiger charge is -2.20. The van der Waals surface area contributed by atoms with Gasteiger partial charge in [-0.2, -0.15) is 0 Å². The highest BCUT2D eigenvalue weighted by Gasteiger charge is 2.18. The normalized spacial score (nSPS) is 12.8. The minimum absolute atomic E-state index is 0.00512. The van der Waals surface area contributed by atoms with Crippen molar-refractivity contribution in [2.45, 2.75) is 302 Å². The summed E-state index contributed by atoms with van der Waals surface area (Å²) >= 11 is 0. The van der Waals surface area contributed by atoms with Gasteiger partial charge in [-0.15, -0.1) is 0 Å². The van der Waals surface area contributed by atoms with Gasteiger partial charge in [-0.05, 0) is 57.8 Å². The largest absolute Gasteiger partial charge is 0.466 e. The van der Waals surface area contributed by atoms with E-state index in [0.717, 1.165) is 51.4 Å². The lowest BCUT2D eigenvalue weighted by molar-refractivity contribution is -0.143. The van der Waals surface area contributed by atoms with E-state index in [4.69, 9.17) is 4.74 Å². The smallest absolute Gasteiger partial charge is 0.305 e. The number of hydrogen-bond donors (Lipinski definition) is 3. The van der Waals surface area contributed by atoms with Crippen LogP contribution in [0.25, 0.3) is 0 Å². The topological polar surface area (TPSA) is 95.9 Å². The fraction of sp³-hybridized carbons (Fsp3) is 0.891. The Kier molecular flexibility index (Phi) is 49.6. The second-order valence-electron chi connectivity index (χ2n) is 18.6. The SMILES string of the molecule is CCCCCCCCCCC/C=C/C(O)C(CO)NC(=O)CCCCCCCCC/C=C\CCCCCCCCCCOC(=O)CCCCCCCCCCCCCCCC. The van der Waals surface area contributed by atoms with Gasteiger partial charge in [-0.1, -0.05) is 244 Å². The molecular formula is C55H105NO5. The molecule has 6 nitrogen and oxygen atoms in total. The van der Waals surface area contributed by atoms with Crippen LogP contribution in [-0.4, -0.2) is 47.4 Å². The highest BCUT2D eigenvalue weighted by atomic mass is 16.5. The van der Waals surface area contributed by atoms with Crippen LogP contribution in [-0.2, 0) is 14.3 Å². The van der Waals surface area contributed by atoms with Crippen LogP contribution in [0.1, 0.15) is 290 Å². The first kappa shape index (κ1) is 59.3. The van der Waals surface area contributed by atoms with Crippen molar-refractivity contribution in [3.63, 3.8) is 0 Å². The first-order valence-corrected chi connectivity index (χ1v) is 27.1. The maximum atomic E-state index is 12.4. The Labute approximate surface area is 380 Å². The van der Waals surface area contributed by atoms with Crippen LogP contribution in [0.15, 0.2) is 24.3 Å². The van der Waals surface area contributed by atoms with Crippen LogP contribution in [0.4, 0.5) is 0 Å². The van der Waals surface area contributed by atoms with E-state index in [1.165, 1.54) is 212 Å². The molecule has 61 heavy (non-hydrogen) atoms.